The average molecular weight is 355 g/mol. The van der Waals surface area contributed by atoms with Gasteiger partial charge in [0, 0.05) is 17.1 Å². The molecule has 1 nitrogen and oxygen atoms in total. The number of hydrogen-bond donors (Lipinski definition) is 0. The Morgan fingerprint density at radius 2 is 1.40 bits per heavy atom. The molecule has 2 rings (SSSR count). The van der Waals surface area contributed by atoms with Crippen LogP contribution in [-0.4, -0.2) is 24.4 Å². The van der Waals surface area contributed by atoms with Crippen LogP contribution in [0.1, 0.15) is 41.5 Å². The van der Waals surface area contributed by atoms with Gasteiger partial charge in [-0.25, -0.2) is 4.58 Å². The minimum Gasteiger partial charge on any atom is -0.235 e. The molecule has 2 heteroatoms. The van der Waals surface area contributed by atoms with E-state index < -0.39 is 0 Å². The van der Waals surface area contributed by atoms with Gasteiger partial charge in [0.2, 0.25) is 0 Å². The average Bonchev–Trinajstić information content (AvgIpc) is 2.51. The Bertz CT molecular complexity index is 729. The van der Waals surface area contributed by atoms with Crippen LogP contribution in [0.3, 0.4) is 0 Å². The van der Waals surface area contributed by atoms with E-state index in [1.165, 1.54) is 26.7 Å². The summed E-state index contributed by atoms with van der Waals surface area (Å²) in [6.45, 7) is 13.7. The number of hydrogen-bond acceptors (Lipinski definition) is 1. The number of rotatable bonds is 1. The SMILES string of the molecule is C[N+](C)=C1C=CC(=C/C=C2\C=C(C(C)(C)C)C=C(C(C)(C)C)S2)C=C1. The fourth-order valence-electron chi connectivity index (χ4n) is 2.47. The van der Waals surface area contributed by atoms with Crippen LogP contribution in [0.2, 0.25) is 0 Å². The van der Waals surface area contributed by atoms with Crippen molar-refractivity contribution >= 4 is 17.5 Å². The fraction of sp³-hybridized carbons (Fsp3) is 0.435. The summed E-state index contributed by atoms with van der Waals surface area (Å²) in [5, 5.41) is 0. The maximum atomic E-state index is 2.38. The summed E-state index contributed by atoms with van der Waals surface area (Å²) < 4.78 is 2.12. The molecule has 134 valence electrons. The lowest BCUT2D eigenvalue weighted by molar-refractivity contribution is -0.462. The Kier molecular flexibility index (Phi) is 5.83. The first-order valence-electron chi connectivity index (χ1n) is 8.91. The standard InChI is InChI=1S/C23H32NS/c1-22(2,3)18-15-20(25-21(16-18)23(4,5)6)14-11-17-9-12-19(13-10-17)24(7)8/h9-16H,1-8H3/q+1/b20-14+. The van der Waals surface area contributed by atoms with Crippen molar-refractivity contribution in [2.45, 2.75) is 41.5 Å². The van der Waals surface area contributed by atoms with Gasteiger partial charge in [-0.1, -0.05) is 59.4 Å². The molecule has 1 aliphatic carbocycles. The smallest absolute Gasteiger partial charge is 0.199 e. The van der Waals surface area contributed by atoms with Crippen LogP contribution >= 0.6 is 11.8 Å². The van der Waals surface area contributed by atoms with Gasteiger partial charge < -0.3 is 0 Å². The summed E-state index contributed by atoms with van der Waals surface area (Å²) in [5.41, 5.74) is 4.19. The molecule has 0 amide bonds. The van der Waals surface area contributed by atoms with Crippen LogP contribution in [0.4, 0.5) is 0 Å². The van der Waals surface area contributed by atoms with Crippen LogP contribution in [-0.2, 0) is 0 Å². The predicted molar refractivity (Wildman–Crippen MR) is 114 cm³/mol. The first kappa shape index (κ1) is 19.8. The van der Waals surface area contributed by atoms with Crippen molar-refractivity contribution in [2.75, 3.05) is 14.1 Å². The molecule has 0 saturated carbocycles. The number of nitrogens with zero attached hydrogens (tertiary/aromatic N) is 1. The van der Waals surface area contributed by atoms with Crippen molar-refractivity contribution < 1.29 is 4.58 Å². The van der Waals surface area contributed by atoms with Crippen LogP contribution in [0.5, 0.6) is 0 Å². The van der Waals surface area contributed by atoms with Crippen molar-refractivity contribution in [3.8, 4) is 0 Å². The molecule has 0 radical (unpaired) electrons. The van der Waals surface area contributed by atoms with Gasteiger partial charge in [0.15, 0.2) is 5.71 Å². The molecule has 0 saturated heterocycles. The molecule has 0 aromatic heterocycles. The molecule has 0 aromatic carbocycles. The number of thioether (sulfide) groups is 1. The minimum absolute atomic E-state index is 0.157. The summed E-state index contributed by atoms with van der Waals surface area (Å²) in [5.74, 6) is 0. The lowest BCUT2D eigenvalue weighted by Gasteiger charge is -2.30. The van der Waals surface area contributed by atoms with E-state index in [0.717, 1.165) is 0 Å². The molecule has 0 aromatic rings. The summed E-state index contributed by atoms with van der Waals surface area (Å²) in [6, 6.07) is 0. The monoisotopic (exact) mass is 354 g/mol. The maximum absolute atomic E-state index is 2.38. The molecule has 0 atom stereocenters. The lowest BCUT2D eigenvalue weighted by Crippen LogP contribution is -2.14. The van der Waals surface area contributed by atoms with Crippen molar-refractivity contribution in [3.63, 3.8) is 0 Å². The second-order valence-electron chi connectivity index (χ2n) is 8.93. The van der Waals surface area contributed by atoms with Gasteiger partial charge >= 0.3 is 0 Å². The molecule has 25 heavy (non-hydrogen) atoms. The van der Waals surface area contributed by atoms with Crippen LogP contribution in [0, 0.1) is 10.8 Å². The number of allylic oxidation sites excluding steroid dienone is 11. The van der Waals surface area contributed by atoms with Gasteiger partial charge in [0.25, 0.3) is 0 Å². The molecule has 0 spiro atoms. The van der Waals surface area contributed by atoms with Crippen LogP contribution in [0.15, 0.2) is 69.6 Å². The molecular formula is C23H32NS+. The zero-order valence-electron chi connectivity index (χ0n) is 17.0. The molecule has 1 aliphatic heterocycles. The minimum atomic E-state index is 0.157. The summed E-state index contributed by atoms with van der Waals surface area (Å²) in [6.07, 6.45) is 17.9. The van der Waals surface area contributed by atoms with Crippen molar-refractivity contribution in [3.05, 3.63) is 69.6 Å². The van der Waals surface area contributed by atoms with Gasteiger partial charge in [-0.2, -0.15) is 0 Å². The zero-order valence-corrected chi connectivity index (χ0v) is 17.8. The first-order chi connectivity index (χ1) is 11.5. The molecule has 0 bridgehead atoms. The van der Waals surface area contributed by atoms with Gasteiger partial charge in [-0.05, 0) is 57.3 Å². The van der Waals surface area contributed by atoms with Crippen molar-refractivity contribution in [2.24, 2.45) is 10.8 Å². The van der Waals surface area contributed by atoms with E-state index in [2.05, 4.69) is 109 Å². The summed E-state index contributed by atoms with van der Waals surface area (Å²) >= 11 is 1.89. The van der Waals surface area contributed by atoms with E-state index in [-0.39, 0.29) is 10.8 Å². The third-order valence-electron chi connectivity index (χ3n) is 4.27. The van der Waals surface area contributed by atoms with E-state index in [1.807, 2.05) is 11.8 Å². The predicted octanol–water partition coefficient (Wildman–Crippen LogP) is 6.29. The second kappa shape index (κ2) is 7.37. The highest BCUT2D eigenvalue weighted by Gasteiger charge is 2.26. The largest absolute Gasteiger partial charge is 0.235 e. The maximum Gasteiger partial charge on any atom is 0.199 e. The van der Waals surface area contributed by atoms with Crippen LogP contribution in [0.25, 0.3) is 0 Å². The van der Waals surface area contributed by atoms with E-state index in [1.54, 1.807) is 0 Å². The van der Waals surface area contributed by atoms with Crippen molar-refractivity contribution in [1.82, 2.24) is 0 Å². The highest BCUT2D eigenvalue weighted by atomic mass is 32.2. The Labute approximate surface area is 158 Å². The third-order valence-corrected chi connectivity index (χ3v) is 5.71. The summed E-state index contributed by atoms with van der Waals surface area (Å²) in [7, 11) is 4.14. The molecule has 0 unspecified atom stereocenters. The van der Waals surface area contributed by atoms with E-state index in [0.29, 0.717) is 0 Å². The van der Waals surface area contributed by atoms with Crippen LogP contribution < -0.4 is 0 Å². The Balaban J connectivity index is 2.32. The molecule has 0 fully saturated rings. The normalized spacial score (nSPS) is 19.9. The fourth-order valence-corrected chi connectivity index (χ4v) is 3.54. The highest BCUT2D eigenvalue weighted by Crippen LogP contribution is 2.46. The van der Waals surface area contributed by atoms with Gasteiger partial charge in [0.1, 0.15) is 14.1 Å². The van der Waals surface area contributed by atoms with E-state index in [4.69, 9.17) is 0 Å². The topological polar surface area (TPSA) is 3.01 Å². The molecule has 0 N–H and O–H groups in total. The molecule has 1 heterocycles. The Morgan fingerprint density at radius 3 is 1.88 bits per heavy atom. The van der Waals surface area contributed by atoms with E-state index >= 15 is 0 Å². The van der Waals surface area contributed by atoms with Gasteiger partial charge in [-0.15, -0.1) is 0 Å². The van der Waals surface area contributed by atoms with Gasteiger partial charge in [0.05, 0.1) is 0 Å². The molecule has 2 aliphatic rings. The third kappa shape index (κ3) is 5.47. The highest BCUT2D eigenvalue weighted by molar-refractivity contribution is 8.07. The second-order valence-corrected chi connectivity index (χ2v) is 10.0. The van der Waals surface area contributed by atoms with Crippen molar-refractivity contribution in [1.29, 1.82) is 0 Å². The Hall–Kier alpha value is -1.54. The van der Waals surface area contributed by atoms with Gasteiger partial charge in [-0.3, -0.25) is 0 Å². The quantitative estimate of drug-likeness (QED) is 0.500. The molecular weight excluding hydrogens is 322 g/mol. The Morgan fingerprint density at radius 1 is 0.800 bits per heavy atom. The summed E-state index contributed by atoms with van der Waals surface area (Å²) in [4.78, 5) is 2.75. The van der Waals surface area contributed by atoms with E-state index in [9.17, 15) is 0 Å². The zero-order chi connectivity index (χ0) is 18.8. The first-order valence-corrected chi connectivity index (χ1v) is 9.73. The lowest BCUT2D eigenvalue weighted by atomic mass is 9.83.